The van der Waals surface area contributed by atoms with Crippen LogP contribution in [0.2, 0.25) is 0 Å². The third kappa shape index (κ3) is 5.74. The Morgan fingerprint density at radius 1 is 0.821 bits per heavy atom. The number of nitrogens with zero attached hydrogens (tertiary/aromatic N) is 2. The second-order valence-corrected chi connectivity index (χ2v) is 6.36. The van der Waals surface area contributed by atoms with Crippen LogP contribution in [0.3, 0.4) is 0 Å². The van der Waals surface area contributed by atoms with Gasteiger partial charge in [0.2, 0.25) is 0 Å². The predicted molar refractivity (Wildman–Crippen MR) is 114 cm³/mol. The summed E-state index contributed by atoms with van der Waals surface area (Å²) in [6, 6.07) is 26.6. The number of carbonyl (C=O) groups excluding carboxylic acids is 1. The molecule has 0 aliphatic rings. The molecule has 0 fully saturated rings. The molecule has 3 aromatic carbocycles. The Bertz CT molecular complexity index is 946. The van der Waals surface area contributed by atoms with Crippen LogP contribution < -0.4 is 5.32 Å². The minimum atomic E-state index is 0.00447. The predicted octanol–water partition coefficient (Wildman–Crippen LogP) is 7.08. The van der Waals surface area contributed by atoms with Gasteiger partial charge in [0.1, 0.15) is 0 Å². The van der Waals surface area contributed by atoms with E-state index in [9.17, 15) is 4.79 Å². The molecule has 140 valence electrons. The summed E-state index contributed by atoms with van der Waals surface area (Å²) in [6.07, 6.45) is 3.43. The van der Waals surface area contributed by atoms with Crippen molar-refractivity contribution < 1.29 is 4.79 Å². The van der Waals surface area contributed by atoms with Gasteiger partial charge < -0.3 is 5.32 Å². The smallest absolute Gasteiger partial charge is 0.187 e. The summed E-state index contributed by atoms with van der Waals surface area (Å²) < 4.78 is 0. The molecule has 0 heterocycles. The number of nitrogens with one attached hydrogen (secondary N) is 1. The molecule has 0 spiro atoms. The standard InChI is InChI=1S/C24H23N3O/c1-2-9-23(18-24(28)19-10-5-3-6-11-19)25-20-14-16-22(17-15-20)27-26-21-12-7-4-8-13-21/h3-8,10-18,25H,2,9H2,1H3. The molecule has 0 saturated carbocycles. The number of allylic oxidation sites excluding steroid dienone is 2. The second-order valence-electron chi connectivity index (χ2n) is 6.36. The number of ketones is 1. The van der Waals surface area contributed by atoms with E-state index in [-0.39, 0.29) is 5.78 Å². The first-order chi connectivity index (χ1) is 13.7. The topological polar surface area (TPSA) is 53.8 Å². The molecule has 0 saturated heterocycles. The number of benzene rings is 3. The first kappa shape index (κ1) is 19.2. The largest absolute Gasteiger partial charge is 0.359 e. The quantitative estimate of drug-likeness (QED) is 0.262. The van der Waals surface area contributed by atoms with E-state index >= 15 is 0 Å². The van der Waals surface area contributed by atoms with Crippen LogP contribution in [0.4, 0.5) is 17.1 Å². The van der Waals surface area contributed by atoms with E-state index in [4.69, 9.17) is 0 Å². The zero-order chi connectivity index (χ0) is 19.6. The van der Waals surface area contributed by atoms with Crippen LogP contribution in [0.1, 0.15) is 30.1 Å². The molecule has 3 rings (SSSR count). The van der Waals surface area contributed by atoms with E-state index < -0.39 is 0 Å². The van der Waals surface area contributed by atoms with Crippen LogP contribution in [0.5, 0.6) is 0 Å². The van der Waals surface area contributed by atoms with Gasteiger partial charge in [0.25, 0.3) is 0 Å². The van der Waals surface area contributed by atoms with E-state index in [0.29, 0.717) is 5.56 Å². The molecule has 0 aromatic heterocycles. The lowest BCUT2D eigenvalue weighted by Crippen LogP contribution is -2.04. The fourth-order valence-corrected chi connectivity index (χ4v) is 2.69. The van der Waals surface area contributed by atoms with Crippen LogP contribution in [-0.4, -0.2) is 5.78 Å². The molecule has 0 radical (unpaired) electrons. The van der Waals surface area contributed by atoms with Gasteiger partial charge in [-0.2, -0.15) is 10.2 Å². The molecule has 0 unspecified atom stereocenters. The third-order valence-electron chi connectivity index (χ3n) is 4.09. The van der Waals surface area contributed by atoms with Crippen molar-refractivity contribution in [2.75, 3.05) is 5.32 Å². The minimum absolute atomic E-state index is 0.00447. The number of carbonyl (C=O) groups is 1. The Labute approximate surface area is 165 Å². The Morgan fingerprint density at radius 2 is 1.39 bits per heavy atom. The van der Waals surface area contributed by atoms with E-state index in [1.165, 1.54) is 0 Å². The van der Waals surface area contributed by atoms with E-state index in [0.717, 1.165) is 35.6 Å². The summed E-state index contributed by atoms with van der Waals surface area (Å²) in [6.45, 7) is 2.09. The average Bonchev–Trinajstić information content (AvgIpc) is 2.75. The second kappa shape index (κ2) is 9.97. The first-order valence-electron chi connectivity index (χ1n) is 9.38. The van der Waals surface area contributed by atoms with Gasteiger partial charge in [0, 0.05) is 23.0 Å². The molecule has 4 heteroatoms. The normalized spacial score (nSPS) is 11.5. The number of anilines is 1. The molecule has 0 amide bonds. The number of hydrogen-bond donors (Lipinski definition) is 1. The molecule has 0 bridgehead atoms. The van der Waals surface area contributed by atoms with Crippen LogP contribution in [-0.2, 0) is 0 Å². The molecular weight excluding hydrogens is 346 g/mol. The summed E-state index contributed by atoms with van der Waals surface area (Å²) in [4.78, 5) is 12.5. The van der Waals surface area contributed by atoms with Crippen molar-refractivity contribution in [1.82, 2.24) is 0 Å². The lowest BCUT2D eigenvalue weighted by atomic mass is 10.1. The van der Waals surface area contributed by atoms with Gasteiger partial charge in [-0.15, -0.1) is 0 Å². The highest BCUT2D eigenvalue weighted by molar-refractivity contribution is 6.05. The van der Waals surface area contributed by atoms with Crippen LogP contribution in [0.25, 0.3) is 0 Å². The van der Waals surface area contributed by atoms with E-state index in [1.807, 2.05) is 84.9 Å². The molecule has 3 aromatic rings. The van der Waals surface area contributed by atoms with E-state index in [2.05, 4.69) is 22.5 Å². The lowest BCUT2D eigenvalue weighted by molar-refractivity contribution is 0.104. The maximum atomic E-state index is 12.5. The van der Waals surface area contributed by atoms with Gasteiger partial charge in [0.05, 0.1) is 11.4 Å². The summed E-state index contributed by atoms with van der Waals surface area (Å²) >= 11 is 0. The van der Waals surface area contributed by atoms with Gasteiger partial charge in [-0.05, 0) is 42.8 Å². The molecule has 0 atom stereocenters. The molecule has 4 nitrogen and oxygen atoms in total. The zero-order valence-electron chi connectivity index (χ0n) is 15.9. The lowest BCUT2D eigenvalue weighted by Gasteiger charge is -2.10. The van der Waals surface area contributed by atoms with Gasteiger partial charge in [-0.3, -0.25) is 4.79 Å². The summed E-state index contributed by atoms with van der Waals surface area (Å²) in [5, 5.41) is 11.8. The highest BCUT2D eigenvalue weighted by Crippen LogP contribution is 2.21. The van der Waals surface area contributed by atoms with Crippen molar-refractivity contribution in [1.29, 1.82) is 0 Å². The monoisotopic (exact) mass is 369 g/mol. The number of hydrogen-bond acceptors (Lipinski definition) is 4. The summed E-state index contributed by atoms with van der Waals surface area (Å²) in [7, 11) is 0. The SMILES string of the molecule is CCCC(=CC(=O)c1ccccc1)Nc1ccc(N=Nc2ccccc2)cc1. The summed E-state index contributed by atoms with van der Waals surface area (Å²) in [5.74, 6) is 0.00447. The third-order valence-corrected chi connectivity index (χ3v) is 4.09. The molecule has 1 N–H and O–H groups in total. The van der Waals surface area contributed by atoms with Crippen LogP contribution in [0.15, 0.2) is 107 Å². The molecular formula is C24H23N3O. The van der Waals surface area contributed by atoms with Gasteiger partial charge in [-0.25, -0.2) is 0 Å². The Kier molecular flexibility index (Phi) is 6.85. The van der Waals surface area contributed by atoms with Gasteiger partial charge >= 0.3 is 0 Å². The minimum Gasteiger partial charge on any atom is -0.359 e. The van der Waals surface area contributed by atoms with Crippen molar-refractivity contribution in [3.8, 4) is 0 Å². The van der Waals surface area contributed by atoms with Crippen LogP contribution in [0, 0.1) is 0 Å². The van der Waals surface area contributed by atoms with E-state index in [1.54, 1.807) is 6.08 Å². The molecule has 0 aliphatic carbocycles. The number of rotatable bonds is 8. The van der Waals surface area contributed by atoms with Gasteiger partial charge in [0.15, 0.2) is 5.78 Å². The van der Waals surface area contributed by atoms with Crippen molar-refractivity contribution in [3.05, 3.63) is 102 Å². The Morgan fingerprint density at radius 3 is 2.00 bits per heavy atom. The zero-order valence-corrected chi connectivity index (χ0v) is 15.9. The van der Waals surface area contributed by atoms with Crippen molar-refractivity contribution in [2.45, 2.75) is 19.8 Å². The van der Waals surface area contributed by atoms with Crippen molar-refractivity contribution >= 4 is 22.8 Å². The molecule has 0 aliphatic heterocycles. The maximum absolute atomic E-state index is 12.5. The summed E-state index contributed by atoms with van der Waals surface area (Å²) in [5.41, 5.74) is 4.09. The van der Waals surface area contributed by atoms with Gasteiger partial charge in [-0.1, -0.05) is 61.9 Å². The fourth-order valence-electron chi connectivity index (χ4n) is 2.69. The van der Waals surface area contributed by atoms with Crippen LogP contribution >= 0.6 is 0 Å². The molecule has 28 heavy (non-hydrogen) atoms. The highest BCUT2D eigenvalue weighted by atomic mass is 16.1. The fraction of sp³-hybridized carbons (Fsp3) is 0.125. The maximum Gasteiger partial charge on any atom is 0.187 e. The first-order valence-corrected chi connectivity index (χ1v) is 9.38. The van der Waals surface area contributed by atoms with Crippen molar-refractivity contribution in [2.24, 2.45) is 10.2 Å². The average molecular weight is 369 g/mol. The Hall–Kier alpha value is -3.53. The Balaban J connectivity index is 1.69. The highest BCUT2D eigenvalue weighted by Gasteiger charge is 2.05. The number of azo groups is 1. The van der Waals surface area contributed by atoms with Crippen molar-refractivity contribution in [3.63, 3.8) is 0 Å².